The van der Waals surface area contributed by atoms with E-state index in [1.165, 1.54) is 20.0 Å². The third-order valence-electron chi connectivity index (χ3n) is 8.48. The molecule has 15 heteroatoms. The van der Waals surface area contributed by atoms with E-state index < -0.39 is 36.0 Å². The molecule has 2 N–H and O–H groups in total. The Morgan fingerprint density at radius 3 is 2.10 bits per heavy atom. The number of carboxylic acids is 1. The lowest BCUT2D eigenvalue weighted by Gasteiger charge is -2.40. The van der Waals surface area contributed by atoms with Gasteiger partial charge in [-0.25, -0.2) is 9.97 Å². The topological polar surface area (TPSA) is 184 Å². The van der Waals surface area contributed by atoms with Gasteiger partial charge in [0, 0.05) is 39.3 Å². The Hall–Kier alpha value is -4.46. The molecule has 0 aliphatic heterocycles. The molecule has 1 aromatic carbocycles. The summed E-state index contributed by atoms with van der Waals surface area (Å²) < 4.78 is 21.0. The zero-order chi connectivity index (χ0) is 38.4. The number of hydrogen-bond acceptors (Lipinski definition) is 13. The van der Waals surface area contributed by atoms with Crippen LogP contribution in [0, 0.1) is 11.8 Å². The van der Waals surface area contributed by atoms with Crippen molar-refractivity contribution in [1.82, 2.24) is 9.97 Å². The van der Waals surface area contributed by atoms with E-state index in [1.54, 1.807) is 13.1 Å². The van der Waals surface area contributed by atoms with Gasteiger partial charge in [0.15, 0.2) is 6.10 Å². The van der Waals surface area contributed by atoms with Crippen LogP contribution >= 0.6 is 11.6 Å². The number of carbonyl (C=O) groups is 5. The Kier molecular flexibility index (Phi) is 16.6. The fourth-order valence-corrected chi connectivity index (χ4v) is 6.16. The highest BCUT2D eigenvalue weighted by atomic mass is 35.5. The maximum atomic E-state index is 12.9. The van der Waals surface area contributed by atoms with E-state index in [4.69, 9.17) is 30.5 Å². The van der Waals surface area contributed by atoms with Crippen molar-refractivity contribution in [3.63, 3.8) is 0 Å². The molecule has 1 aliphatic carbocycles. The van der Waals surface area contributed by atoms with Crippen LogP contribution in [0.25, 0.3) is 0 Å². The monoisotopic (exact) mass is 746 g/mol. The normalized spacial score (nSPS) is 16.8. The highest BCUT2D eigenvalue weighted by Crippen LogP contribution is 2.37. The van der Waals surface area contributed by atoms with Crippen molar-refractivity contribution in [3.05, 3.63) is 41.3 Å². The van der Waals surface area contributed by atoms with Gasteiger partial charge in [-0.1, -0.05) is 45.4 Å². The zero-order valence-electron chi connectivity index (χ0n) is 30.8. The van der Waals surface area contributed by atoms with Crippen LogP contribution in [0.1, 0.15) is 98.0 Å². The quantitative estimate of drug-likeness (QED) is 0.122. The van der Waals surface area contributed by atoms with E-state index in [0.29, 0.717) is 24.6 Å². The maximum Gasteiger partial charge on any atom is 0.306 e. The van der Waals surface area contributed by atoms with Crippen LogP contribution in [0.2, 0.25) is 5.15 Å². The van der Waals surface area contributed by atoms with Crippen LogP contribution < -0.4 is 10.2 Å². The molecule has 0 saturated heterocycles. The van der Waals surface area contributed by atoms with E-state index in [9.17, 15) is 29.1 Å². The lowest BCUT2D eigenvalue weighted by Crippen LogP contribution is -2.42. The number of carboxylic acid groups (broad SMARTS) is 1. The smallest absolute Gasteiger partial charge is 0.306 e. The SMILES string of the molecule is CC(=O)OCC(COC(C)=O)OC(=O)CC(C)CC(=O)O[C@H]1CC[C@H](N(CC(C)C)c2ccc([C@H](C)CC(=O)O)cc2Nc2cnc(Cl)cn2)CC1. The van der Waals surface area contributed by atoms with Crippen LogP contribution in [0.3, 0.4) is 0 Å². The summed E-state index contributed by atoms with van der Waals surface area (Å²) in [7, 11) is 0. The molecule has 2 aromatic rings. The molecule has 0 amide bonds. The van der Waals surface area contributed by atoms with Crippen molar-refractivity contribution in [2.45, 2.75) is 111 Å². The third kappa shape index (κ3) is 14.6. The molecule has 52 heavy (non-hydrogen) atoms. The Morgan fingerprint density at radius 1 is 0.904 bits per heavy atom. The van der Waals surface area contributed by atoms with Crippen molar-refractivity contribution in [2.24, 2.45) is 11.8 Å². The lowest BCUT2D eigenvalue weighted by molar-refractivity contribution is -0.166. The molecule has 0 radical (unpaired) electrons. The fraction of sp³-hybridized carbons (Fsp3) is 0.595. The van der Waals surface area contributed by atoms with Crippen LogP contribution in [0.15, 0.2) is 30.6 Å². The molecule has 286 valence electrons. The molecular weight excluding hydrogens is 696 g/mol. The first-order valence-electron chi connectivity index (χ1n) is 17.6. The molecule has 0 bridgehead atoms. The number of carbonyl (C=O) groups excluding carboxylic acids is 4. The van der Waals surface area contributed by atoms with Gasteiger partial charge in [-0.15, -0.1) is 0 Å². The summed E-state index contributed by atoms with van der Waals surface area (Å²) in [4.78, 5) is 70.1. The van der Waals surface area contributed by atoms with Gasteiger partial charge < -0.3 is 34.3 Å². The van der Waals surface area contributed by atoms with Gasteiger partial charge in [-0.05, 0) is 61.1 Å². The molecule has 1 aromatic heterocycles. The van der Waals surface area contributed by atoms with Gasteiger partial charge in [-0.2, -0.15) is 0 Å². The molecular formula is C37H51ClN4O10. The number of nitrogens with zero attached hydrogens (tertiary/aromatic N) is 3. The summed E-state index contributed by atoms with van der Waals surface area (Å²) >= 11 is 5.97. The van der Waals surface area contributed by atoms with Crippen molar-refractivity contribution < 1.29 is 48.0 Å². The minimum Gasteiger partial charge on any atom is -0.481 e. The fourth-order valence-electron chi connectivity index (χ4n) is 6.06. The minimum atomic E-state index is -0.957. The molecule has 3 rings (SSSR count). The molecule has 14 nitrogen and oxygen atoms in total. The van der Waals surface area contributed by atoms with Crippen molar-refractivity contribution >= 4 is 58.6 Å². The Morgan fingerprint density at radius 2 is 1.54 bits per heavy atom. The summed E-state index contributed by atoms with van der Waals surface area (Å²) in [5.74, 6) is -2.77. The molecule has 1 saturated carbocycles. The summed E-state index contributed by atoms with van der Waals surface area (Å²) in [5.41, 5.74) is 2.60. The second-order valence-electron chi connectivity index (χ2n) is 13.8. The van der Waals surface area contributed by atoms with E-state index >= 15 is 0 Å². The Balaban J connectivity index is 1.63. The van der Waals surface area contributed by atoms with Gasteiger partial charge >= 0.3 is 29.8 Å². The minimum absolute atomic E-state index is 0.00337. The first-order chi connectivity index (χ1) is 24.6. The van der Waals surface area contributed by atoms with Crippen LogP contribution in [-0.4, -0.2) is 82.9 Å². The van der Waals surface area contributed by atoms with Gasteiger partial charge in [0.1, 0.15) is 30.3 Å². The molecule has 1 heterocycles. The molecule has 1 aliphatic rings. The average Bonchev–Trinajstić information content (AvgIpc) is 3.05. The largest absolute Gasteiger partial charge is 0.481 e. The molecule has 1 unspecified atom stereocenters. The average molecular weight is 747 g/mol. The number of rotatable bonds is 19. The predicted molar refractivity (Wildman–Crippen MR) is 193 cm³/mol. The van der Waals surface area contributed by atoms with Gasteiger partial charge in [0.25, 0.3) is 0 Å². The third-order valence-corrected chi connectivity index (χ3v) is 8.68. The predicted octanol–water partition coefficient (Wildman–Crippen LogP) is 6.22. The summed E-state index contributed by atoms with van der Waals surface area (Å²) in [6.07, 6.45) is 4.59. The summed E-state index contributed by atoms with van der Waals surface area (Å²) in [6.45, 7) is 10.6. The number of aromatic nitrogens is 2. The number of hydrogen-bond donors (Lipinski definition) is 2. The second-order valence-corrected chi connectivity index (χ2v) is 14.2. The number of halogens is 1. The second kappa shape index (κ2) is 20.5. The maximum absolute atomic E-state index is 12.9. The van der Waals surface area contributed by atoms with Crippen LogP contribution in [-0.2, 0) is 42.9 Å². The first kappa shape index (κ1) is 42.0. The number of aliphatic carboxylic acids is 1. The highest BCUT2D eigenvalue weighted by Gasteiger charge is 2.31. The van der Waals surface area contributed by atoms with Crippen molar-refractivity contribution in [1.29, 1.82) is 0 Å². The Labute approximate surface area is 309 Å². The van der Waals surface area contributed by atoms with Crippen molar-refractivity contribution in [2.75, 3.05) is 30.0 Å². The molecule has 1 fully saturated rings. The number of ether oxygens (including phenoxy) is 4. The number of anilines is 3. The lowest BCUT2D eigenvalue weighted by atomic mass is 9.90. The molecule has 2 atom stereocenters. The first-order valence-corrected chi connectivity index (χ1v) is 18.0. The van der Waals surface area contributed by atoms with Crippen LogP contribution in [0.4, 0.5) is 17.2 Å². The van der Waals surface area contributed by atoms with Gasteiger partial charge in [0.05, 0.1) is 30.2 Å². The summed E-state index contributed by atoms with van der Waals surface area (Å²) in [5, 5.41) is 13.0. The molecule has 0 spiro atoms. The van der Waals surface area contributed by atoms with E-state index in [-0.39, 0.29) is 61.6 Å². The number of esters is 4. The highest BCUT2D eigenvalue weighted by molar-refractivity contribution is 6.29. The standard InChI is InChI=1S/C37H51ClN4O10/c1-22(2)19-42(32-12-7-27(24(4)15-35(45)46)16-31(32)41-34-18-39-33(38)17-40-34)28-8-10-29(11-9-28)51-36(47)13-23(3)14-37(48)52-30(20-49-25(5)43)21-50-26(6)44/h7,12,16-18,22-24,28-30H,8-11,13-15,19-21H2,1-6H3,(H,40,41)(H,45,46)/t23?,24-,28-,29-/m1/s1. The van der Waals surface area contributed by atoms with Crippen molar-refractivity contribution in [3.8, 4) is 0 Å². The zero-order valence-corrected chi connectivity index (χ0v) is 31.5. The summed E-state index contributed by atoms with van der Waals surface area (Å²) in [6, 6.07) is 6.11. The van der Waals surface area contributed by atoms with E-state index in [0.717, 1.165) is 36.3 Å². The van der Waals surface area contributed by atoms with Crippen LogP contribution in [0.5, 0.6) is 0 Å². The number of nitrogens with one attached hydrogen (secondary N) is 1. The van der Waals surface area contributed by atoms with Gasteiger partial charge in [0.2, 0.25) is 0 Å². The number of benzene rings is 1. The Bertz CT molecular complexity index is 1500. The van der Waals surface area contributed by atoms with E-state index in [2.05, 4.69) is 34.0 Å². The van der Waals surface area contributed by atoms with E-state index in [1.807, 2.05) is 25.1 Å². The van der Waals surface area contributed by atoms with Gasteiger partial charge in [-0.3, -0.25) is 24.0 Å².